The highest BCUT2D eigenvalue weighted by atomic mass is 35.5. The zero-order valence-corrected chi connectivity index (χ0v) is 7.78. The van der Waals surface area contributed by atoms with E-state index in [1.807, 2.05) is 0 Å². The molecule has 6 heteroatoms. The van der Waals surface area contributed by atoms with Crippen molar-refractivity contribution < 1.29 is 13.2 Å². The summed E-state index contributed by atoms with van der Waals surface area (Å²) in [5.74, 6) is 0. The van der Waals surface area contributed by atoms with Crippen molar-refractivity contribution in [3.8, 4) is 0 Å². The van der Waals surface area contributed by atoms with Gasteiger partial charge in [-0.25, -0.2) is 0 Å². The first-order valence-electron chi connectivity index (χ1n) is 3.74. The van der Waals surface area contributed by atoms with E-state index in [1.54, 1.807) is 0 Å². The van der Waals surface area contributed by atoms with Gasteiger partial charge in [0.1, 0.15) is 6.54 Å². The SMILES string of the molecule is Nc1ccc(Cl)cc1NCC(F)(F)F. The zero-order chi connectivity index (χ0) is 10.8. The Labute approximate surface area is 83.9 Å². The monoisotopic (exact) mass is 224 g/mol. The van der Waals surface area contributed by atoms with Crippen molar-refractivity contribution in [2.75, 3.05) is 17.6 Å². The van der Waals surface area contributed by atoms with Gasteiger partial charge in [-0.15, -0.1) is 0 Å². The van der Waals surface area contributed by atoms with Crippen LogP contribution in [0.4, 0.5) is 24.5 Å². The van der Waals surface area contributed by atoms with Crippen molar-refractivity contribution in [1.29, 1.82) is 0 Å². The molecule has 0 saturated carbocycles. The highest BCUT2D eigenvalue weighted by molar-refractivity contribution is 6.31. The Morgan fingerprint density at radius 1 is 1.36 bits per heavy atom. The lowest BCUT2D eigenvalue weighted by Crippen LogP contribution is -2.21. The van der Waals surface area contributed by atoms with Crippen molar-refractivity contribution in [2.45, 2.75) is 6.18 Å². The van der Waals surface area contributed by atoms with Crippen LogP contribution >= 0.6 is 11.6 Å². The molecule has 0 aromatic heterocycles. The molecule has 0 fully saturated rings. The fourth-order valence-electron chi connectivity index (χ4n) is 0.877. The van der Waals surface area contributed by atoms with E-state index in [1.165, 1.54) is 18.2 Å². The first-order valence-corrected chi connectivity index (χ1v) is 4.12. The van der Waals surface area contributed by atoms with Crippen LogP contribution in [0.25, 0.3) is 0 Å². The summed E-state index contributed by atoms with van der Waals surface area (Å²) in [5, 5.41) is 2.50. The summed E-state index contributed by atoms with van der Waals surface area (Å²) in [5.41, 5.74) is 5.85. The minimum atomic E-state index is -4.27. The Bertz CT molecular complexity index is 325. The lowest BCUT2D eigenvalue weighted by atomic mass is 10.2. The van der Waals surface area contributed by atoms with Gasteiger partial charge in [-0.2, -0.15) is 13.2 Å². The summed E-state index contributed by atoms with van der Waals surface area (Å²) in [7, 11) is 0. The van der Waals surface area contributed by atoms with Crippen LogP contribution < -0.4 is 11.1 Å². The molecule has 1 aromatic carbocycles. The van der Waals surface area contributed by atoms with Crippen molar-refractivity contribution in [3.63, 3.8) is 0 Å². The summed E-state index contributed by atoms with van der Waals surface area (Å²) in [6.07, 6.45) is -4.27. The molecule has 0 aliphatic heterocycles. The van der Waals surface area contributed by atoms with Gasteiger partial charge in [0, 0.05) is 5.02 Å². The second-order valence-electron chi connectivity index (χ2n) is 2.70. The number of benzene rings is 1. The summed E-state index contributed by atoms with van der Waals surface area (Å²) < 4.78 is 35.5. The number of hydrogen-bond donors (Lipinski definition) is 2. The minimum absolute atomic E-state index is 0.190. The molecular formula is C8H8ClF3N2. The molecule has 0 spiro atoms. The molecule has 0 bridgehead atoms. The number of nitrogens with one attached hydrogen (secondary N) is 1. The highest BCUT2D eigenvalue weighted by Crippen LogP contribution is 2.24. The minimum Gasteiger partial charge on any atom is -0.397 e. The number of rotatable bonds is 2. The Morgan fingerprint density at radius 3 is 2.57 bits per heavy atom. The van der Waals surface area contributed by atoms with Gasteiger partial charge in [0.15, 0.2) is 0 Å². The van der Waals surface area contributed by atoms with E-state index in [0.29, 0.717) is 5.02 Å². The fourth-order valence-corrected chi connectivity index (χ4v) is 1.05. The van der Waals surface area contributed by atoms with Gasteiger partial charge >= 0.3 is 6.18 Å². The molecule has 0 aliphatic rings. The van der Waals surface area contributed by atoms with Crippen molar-refractivity contribution >= 4 is 23.0 Å². The molecule has 0 saturated heterocycles. The van der Waals surface area contributed by atoms with Gasteiger partial charge in [0.25, 0.3) is 0 Å². The van der Waals surface area contributed by atoms with Crippen molar-refractivity contribution in [3.05, 3.63) is 23.2 Å². The predicted octanol–water partition coefficient (Wildman–Crippen LogP) is 2.90. The first-order chi connectivity index (χ1) is 6.38. The summed E-state index contributed by atoms with van der Waals surface area (Å²) in [6, 6.07) is 4.30. The molecule has 1 aromatic rings. The normalized spacial score (nSPS) is 11.4. The van der Waals surface area contributed by atoms with E-state index in [4.69, 9.17) is 17.3 Å². The number of halogens is 4. The maximum atomic E-state index is 11.8. The van der Waals surface area contributed by atoms with E-state index in [2.05, 4.69) is 5.32 Å². The van der Waals surface area contributed by atoms with Crippen LogP contribution in [-0.2, 0) is 0 Å². The lowest BCUT2D eigenvalue weighted by molar-refractivity contribution is -0.115. The van der Waals surface area contributed by atoms with Crippen LogP contribution in [0.5, 0.6) is 0 Å². The van der Waals surface area contributed by atoms with Crippen LogP contribution in [0.3, 0.4) is 0 Å². The summed E-state index contributed by atoms with van der Waals surface area (Å²) >= 11 is 5.59. The molecular weight excluding hydrogens is 217 g/mol. The molecule has 3 N–H and O–H groups in total. The number of alkyl halides is 3. The van der Waals surface area contributed by atoms with Crippen LogP contribution in [0.15, 0.2) is 18.2 Å². The smallest absolute Gasteiger partial charge is 0.397 e. The maximum Gasteiger partial charge on any atom is 0.405 e. The number of nitrogens with two attached hydrogens (primary N) is 1. The predicted molar refractivity (Wildman–Crippen MR) is 50.4 cm³/mol. The summed E-state index contributed by atoms with van der Waals surface area (Å²) in [4.78, 5) is 0. The van der Waals surface area contributed by atoms with Gasteiger partial charge in [-0.3, -0.25) is 0 Å². The Balaban J connectivity index is 2.72. The highest BCUT2D eigenvalue weighted by Gasteiger charge is 2.26. The maximum absolute atomic E-state index is 11.8. The topological polar surface area (TPSA) is 38.0 Å². The van der Waals surface area contributed by atoms with Gasteiger partial charge < -0.3 is 11.1 Å². The van der Waals surface area contributed by atoms with E-state index >= 15 is 0 Å². The molecule has 0 radical (unpaired) electrons. The average Bonchev–Trinajstić information content (AvgIpc) is 2.05. The summed E-state index contributed by atoms with van der Waals surface area (Å²) in [6.45, 7) is -1.13. The third kappa shape index (κ3) is 3.33. The lowest BCUT2D eigenvalue weighted by Gasteiger charge is -2.11. The molecule has 2 nitrogen and oxygen atoms in total. The molecule has 0 atom stereocenters. The van der Waals surface area contributed by atoms with Gasteiger partial charge in [-0.1, -0.05) is 11.6 Å². The molecule has 0 aliphatic carbocycles. The van der Waals surface area contributed by atoms with Gasteiger partial charge in [-0.05, 0) is 18.2 Å². The van der Waals surface area contributed by atoms with Crippen LogP contribution in [0.2, 0.25) is 5.02 Å². The molecule has 0 heterocycles. The van der Waals surface area contributed by atoms with Crippen LogP contribution in [0.1, 0.15) is 0 Å². The Hall–Kier alpha value is -1.10. The first kappa shape index (κ1) is 11.0. The average molecular weight is 225 g/mol. The fraction of sp³-hybridized carbons (Fsp3) is 0.250. The van der Waals surface area contributed by atoms with Crippen LogP contribution in [0, 0.1) is 0 Å². The largest absolute Gasteiger partial charge is 0.405 e. The zero-order valence-electron chi connectivity index (χ0n) is 7.03. The second kappa shape index (κ2) is 3.96. The number of anilines is 2. The van der Waals surface area contributed by atoms with Crippen LogP contribution in [-0.4, -0.2) is 12.7 Å². The molecule has 78 valence electrons. The van der Waals surface area contributed by atoms with E-state index in [-0.39, 0.29) is 11.4 Å². The third-order valence-electron chi connectivity index (χ3n) is 1.49. The molecule has 1 rings (SSSR count). The van der Waals surface area contributed by atoms with Gasteiger partial charge in [0.2, 0.25) is 0 Å². The Kier molecular flexibility index (Phi) is 3.10. The van der Waals surface area contributed by atoms with E-state index in [9.17, 15) is 13.2 Å². The van der Waals surface area contributed by atoms with Crippen molar-refractivity contribution in [1.82, 2.24) is 0 Å². The standard InChI is InChI=1S/C8H8ClF3N2/c9-5-1-2-6(13)7(3-5)14-4-8(10,11)12/h1-3,14H,4,13H2. The number of nitrogen functional groups attached to an aromatic ring is 1. The number of hydrogen-bond acceptors (Lipinski definition) is 2. The third-order valence-corrected chi connectivity index (χ3v) is 1.73. The molecule has 0 amide bonds. The molecule has 0 unspecified atom stereocenters. The van der Waals surface area contributed by atoms with E-state index < -0.39 is 12.7 Å². The quantitative estimate of drug-likeness (QED) is 0.758. The molecule has 14 heavy (non-hydrogen) atoms. The second-order valence-corrected chi connectivity index (χ2v) is 3.14. The van der Waals surface area contributed by atoms with Gasteiger partial charge in [0.05, 0.1) is 11.4 Å². The van der Waals surface area contributed by atoms with Crippen molar-refractivity contribution in [2.24, 2.45) is 0 Å². The van der Waals surface area contributed by atoms with E-state index in [0.717, 1.165) is 0 Å². The Morgan fingerprint density at radius 2 is 2.00 bits per heavy atom.